The molecule has 0 radical (unpaired) electrons. The molecule has 0 N–H and O–H groups in total. The molecule has 0 saturated heterocycles. The highest BCUT2D eigenvalue weighted by atomic mass is 16.8. The molecule has 0 aliphatic rings. The molecular weight excluding hydrogens is 248 g/mol. The lowest BCUT2D eigenvalue weighted by atomic mass is 9.97. The van der Waals surface area contributed by atoms with Gasteiger partial charge in [-0.25, -0.2) is 0 Å². The van der Waals surface area contributed by atoms with Crippen molar-refractivity contribution in [1.29, 1.82) is 0 Å². The molecule has 0 amide bonds. The normalized spacial score (nSPS) is 15.6. The summed E-state index contributed by atoms with van der Waals surface area (Å²) in [6, 6.07) is 0. The summed E-state index contributed by atoms with van der Waals surface area (Å²) in [5.74, 6) is -0.733. The first-order chi connectivity index (χ1) is 8.34. The lowest BCUT2D eigenvalue weighted by Gasteiger charge is -2.25. The smallest absolute Gasteiger partial charge is 0.313 e. The number of rotatable bonds is 4. The standard InChI is InChI=1S/C14H26O5/c1-9(18-11(15)13(3,4)5)17-10(2)19-12(16)14(6,7)8/h9-10H,1-8H3. The van der Waals surface area contributed by atoms with Crippen LogP contribution in [0.3, 0.4) is 0 Å². The van der Waals surface area contributed by atoms with Crippen molar-refractivity contribution in [2.24, 2.45) is 10.8 Å². The molecule has 0 aromatic carbocycles. The van der Waals surface area contributed by atoms with E-state index in [2.05, 4.69) is 0 Å². The molecule has 0 fully saturated rings. The molecule has 19 heavy (non-hydrogen) atoms. The second-order valence-corrected chi connectivity index (χ2v) is 6.58. The summed E-state index contributed by atoms with van der Waals surface area (Å²) in [4.78, 5) is 23.3. The van der Waals surface area contributed by atoms with E-state index < -0.39 is 23.4 Å². The van der Waals surface area contributed by atoms with E-state index in [9.17, 15) is 9.59 Å². The molecule has 2 atom stereocenters. The second kappa shape index (κ2) is 6.37. The van der Waals surface area contributed by atoms with Crippen LogP contribution in [0, 0.1) is 10.8 Å². The highest BCUT2D eigenvalue weighted by Gasteiger charge is 2.28. The van der Waals surface area contributed by atoms with Gasteiger partial charge in [-0.2, -0.15) is 0 Å². The summed E-state index contributed by atoms with van der Waals surface area (Å²) >= 11 is 0. The minimum atomic E-state index is -0.769. The van der Waals surface area contributed by atoms with Gasteiger partial charge in [0, 0.05) is 0 Å². The van der Waals surface area contributed by atoms with Gasteiger partial charge in [0.2, 0.25) is 12.6 Å². The minimum absolute atomic E-state index is 0.366. The van der Waals surface area contributed by atoms with Crippen LogP contribution in [0.2, 0.25) is 0 Å². The first-order valence-electron chi connectivity index (χ1n) is 6.41. The van der Waals surface area contributed by atoms with Crippen molar-refractivity contribution in [2.75, 3.05) is 0 Å². The van der Waals surface area contributed by atoms with Gasteiger partial charge in [-0.1, -0.05) is 0 Å². The van der Waals surface area contributed by atoms with E-state index in [-0.39, 0.29) is 11.9 Å². The van der Waals surface area contributed by atoms with Crippen LogP contribution >= 0.6 is 0 Å². The van der Waals surface area contributed by atoms with Gasteiger partial charge < -0.3 is 14.2 Å². The van der Waals surface area contributed by atoms with Crippen LogP contribution in [0.5, 0.6) is 0 Å². The lowest BCUT2D eigenvalue weighted by molar-refractivity contribution is -0.234. The molecule has 112 valence electrons. The number of ether oxygens (including phenoxy) is 3. The number of hydrogen-bond donors (Lipinski definition) is 0. The molecule has 0 aliphatic carbocycles. The van der Waals surface area contributed by atoms with Gasteiger partial charge in [0.15, 0.2) is 0 Å². The van der Waals surface area contributed by atoms with Crippen LogP contribution in [-0.4, -0.2) is 24.5 Å². The van der Waals surface area contributed by atoms with Crippen LogP contribution in [-0.2, 0) is 23.8 Å². The van der Waals surface area contributed by atoms with Gasteiger partial charge in [0.1, 0.15) is 0 Å². The molecule has 5 nitrogen and oxygen atoms in total. The quantitative estimate of drug-likeness (QED) is 0.582. The molecule has 0 aromatic heterocycles. The molecule has 0 saturated carbocycles. The maximum Gasteiger partial charge on any atom is 0.313 e. The zero-order valence-corrected chi connectivity index (χ0v) is 13.2. The highest BCUT2D eigenvalue weighted by molar-refractivity contribution is 5.75. The van der Waals surface area contributed by atoms with E-state index in [1.165, 1.54) is 0 Å². The Kier molecular flexibility index (Phi) is 6.00. The maximum absolute atomic E-state index is 11.6. The van der Waals surface area contributed by atoms with E-state index in [4.69, 9.17) is 14.2 Å². The van der Waals surface area contributed by atoms with E-state index in [0.717, 1.165) is 0 Å². The first-order valence-corrected chi connectivity index (χ1v) is 6.41. The van der Waals surface area contributed by atoms with Gasteiger partial charge >= 0.3 is 11.9 Å². The summed E-state index contributed by atoms with van der Waals surface area (Å²) in [7, 11) is 0. The van der Waals surface area contributed by atoms with Crippen LogP contribution < -0.4 is 0 Å². The van der Waals surface area contributed by atoms with Gasteiger partial charge in [-0.3, -0.25) is 9.59 Å². The predicted octanol–water partition coefficient (Wildman–Crippen LogP) is 2.87. The van der Waals surface area contributed by atoms with Crippen LogP contribution in [0.15, 0.2) is 0 Å². The van der Waals surface area contributed by atoms with E-state index >= 15 is 0 Å². The van der Waals surface area contributed by atoms with E-state index in [1.807, 2.05) is 0 Å². The summed E-state index contributed by atoms with van der Waals surface area (Å²) in [5.41, 5.74) is -1.19. The molecular formula is C14H26O5. The van der Waals surface area contributed by atoms with Crippen molar-refractivity contribution in [1.82, 2.24) is 0 Å². The Hall–Kier alpha value is -1.10. The topological polar surface area (TPSA) is 61.8 Å². The number of esters is 2. The minimum Gasteiger partial charge on any atom is -0.436 e. The predicted molar refractivity (Wildman–Crippen MR) is 71.1 cm³/mol. The molecule has 0 heterocycles. The zero-order chi connectivity index (χ0) is 15.4. The Morgan fingerprint density at radius 3 is 1.21 bits per heavy atom. The van der Waals surface area contributed by atoms with Gasteiger partial charge in [0.25, 0.3) is 0 Å². The fraction of sp³-hybridized carbons (Fsp3) is 0.857. The van der Waals surface area contributed by atoms with Crippen molar-refractivity contribution < 1.29 is 23.8 Å². The molecule has 0 aromatic rings. The summed E-state index contributed by atoms with van der Waals surface area (Å²) in [6.07, 6.45) is -1.54. The Morgan fingerprint density at radius 2 is 1.00 bits per heavy atom. The number of carbonyl (C=O) groups is 2. The van der Waals surface area contributed by atoms with Crippen LogP contribution in [0.25, 0.3) is 0 Å². The lowest BCUT2D eigenvalue weighted by Crippen LogP contribution is -2.33. The molecule has 5 heteroatoms. The van der Waals surface area contributed by atoms with Crippen molar-refractivity contribution in [3.63, 3.8) is 0 Å². The van der Waals surface area contributed by atoms with Crippen molar-refractivity contribution in [3.8, 4) is 0 Å². The summed E-state index contributed by atoms with van der Waals surface area (Å²) < 4.78 is 15.5. The Morgan fingerprint density at radius 1 is 0.737 bits per heavy atom. The summed E-state index contributed by atoms with van der Waals surface area (Å²) in [5, 5.41) is 0. The third-order valence-corrected chi connectivity index (χ3v) is 2.15. The van der Waals surface area contributed by atoms with Gasteiger partial charge in [-0.05, 0) is 55.4 Å². The van der Waals surface area contributed by atoms with Crippen LogP contribution in [0.4, 0.5) is 0 Å². The summed E-state index contributed by atoms with van der Waals surface area (Å²) in [6.45, 7) is 13.7. The monoisotopic (exact) mass is 274 g/mol. The second-order valence-electron chi connectivity index (χ2n) is 6.58. The van der Waals surface area contributed by atoms with Crippen LogP contribution in [0.1, 0.15) is 55.4 Å². The Bertz CT molecular complexity index is 290. The van der Waals surface area contributed by atoms with Gasteiger partial charge in [0.05, 0.1) is 10.8 Å². The highest BCUT2D eigenvalue weighted by Crippen LogP contribution is 2.19. The van der Waals surface area contributed by atoms with Gasteiger partial charge in [-0.15, -0.1) is 0 Å². The van der Waals surface area contributed by atoms with Crippen molar-refractivity contribution in [2.45, 2.75) is 68.0 Å². The molecule has 0 aliphatic heterocycles. The third kappa shape index (κ3) is 7.15. The molecule has 0 bridgehead atoms. The first kappa shape index (κ1) is 17.9. The Balaban J connectivity index is 4.24. The molecule has 0 spiro atoms. The van der Waals surface area contributed by atoms with Crippen molar-refractivity contribution >= 4 is 11.9 Å². The average molecular weight is 274 g/mol. The fourth-order valence-electron chi connectivity index (χ4n) is 0.980. The van der Waals surface area contributed by atoms with E-state index in [0.29, 0.717) is 0 Å². The molecule has 0 rings (SSSR count). The van der Waals surface area contributed by atoms with Crippen molar-refractivity contribution in [3.05, 3.63) is 0 Å². The largest absolute Gasteiger partial charge is 0.436 e. The molecule has 2 unspecified atom stereocenters. The fourth-order valence-corrected chi connectivity index (χ4v) is 0.980. The SMILES string of the molecule is CC(OC(=O)C(C)(C)C)OC(C)OC(=O)C(C)(C)C. The number of carbonyl (C=O) groups excluding carboxylic acids is 2. The maximum atomic E-state index is 11.6. The number of hydrogen-bond acceptors (Lipinski definition) is 5. The average Bonchev–Trinajstić information content (AvgIpc) is 2.13. The zero-order valence-electron chi connectivity index (χ0n) is 13.2. The Labute approximate surface area is 115 Å². The van der Waals surface area contributed by atoms with E-state index in [1.54, 1.807) is 55.4 Å². The third-order valence-electron chi connectivity index (χ3n) is 2.15.